The Morgan fingerprint density at radius 1 is 1.00 bits per heavy atom. The fourth-order valence-electron chi connectivity index (χ4n) is 0. The van der Waals surface area contributed by atoms with Crippen molar-refractivity contribution in [2.24, 2.45) is 0 Å². The van der Waals surface area contributed by atoms with Crippen molar-refractivity contribution >= 4 is 46.8 Å². The van der Waals surface area contributed by atoms with Crippen LogP contribution in [-0.4, -0.2) is 71.4 Å². The van der Waals surface area contributed by atoms with Crippen LogP contribution < -0.4 is 0 Å². The van der Waals surface area contributed by atoms with E-state index >= 15 is 0 Å². The van der Waals surface area contributed by atoms with Gasteiger partial charge in [0, 0.05) is 17.1 Å². The van der Waals surface area contributed by atoms with Crippen molar-refractivity contribution in [3.8, 4) is 0 Å². The first kappa shape index (κ1) is 22.6. The van der Waals surface area contributed by atoms with Gasteiger partial charge in [0.05, 0.1) is 0 Å². The van der Waals surface area contributed by atoms with Gasteiger partial charge in [0.1, 0.15) is 0 Å². The molecule has 6 N–H and O–H groups in total. The Labute approximate surface area is 90.6 Å². The van der Waals surface area contributed by atoms with Crippen molar-refractivity contribution in [3.63, 3.8) is 0 Å². The van der Waals surface area contributed by atoms with Crippen molar-refractivity contribution in [2.75, 3.05) is 0 Å². The van der Waals surface area contributed by atoms with Gasteiger partial charge in [0.15, 0.2) is 0 Å². The first-order valence-corrected chi connectivity index (χ1v) is 2.68. The summed E-state index contributed by atoms with van der Waals surface area (Å²) in [6.45, 7) is 0. The summed E-state index contributed by atoms with van der Waals surface area (Å²) in [6.07, 6.45) is 0. The predicted molar refractivity (Wildman–Crippen MR) is 26.2 cm³/mol. The van der Waals surface area contributed by atoms with Crippen molar-refractivity contribution in [1.82, 2.24) is 0 Å². The van der Waals surface area contributed by atoms with Crippen molar-refractivity contribution < 1.29 is 44.6 Å². The van der Waals surface area contributed by atoms with Gasteiger partial charge in [-0.25, -0.2) is 0 Å². The maximum atomic E-state index is 7.33. The van der Waals surface area contributed by atoms with Gasteiger partial charge in [-0.2, -0.15) is 0 Å². The van der Waals surface area contributed by atoms with Crippen molar-refractivity contribution in [3.05, 3.63) is 0 Å². The zero-order chi connectivity index (χ0) is 4.50. The monoisotopic (exact) mass is 212 g/mol. The van der Waals surface area contributed by atoms with Gasteiger partial charge in [-0.05, 0) is 0 Å². The van der Waals surface area contributed by atoms with Gasteiger partial charge in [0.25, 0.3) is 0 Å². The van der Waals surface area contributed by atoms with Crippen LogP contribution in [0.5, 0.6) is 0 Å². The van der Waals surface area contributed by atoms with Gasteiger partial charge in [-0.1, -0.05) is 0 Å². The zero-order valence-corrected chi connectivity index (χ0v) is 8.16. The fraction of sp³-hybridized carbons (Fsp3) is 0. The maximum Gasteiger partial charge on any atom is 2.00 e. The standard InChI is InChI=1S/Ca.Fe.H4O4Si.H2O.2H/c;;1-5(2,3)4;;;/h;;1-4H;1H2;;/q+2;;;;2*-1. The van der Waals surface area contributed by atoms with E-state index in [-0.39, 0.29) is 63.1 Å². The molecule has 0 aromatic rings. The Bertz CT molecular complexity index is 35.1. The van der Waals surface area contributed by atoms with E-state index in [4.69, 9.17) is 19.2 Å². The molecule has 0 heterocycles. The molecule has 0 radical (unpaired) electrons. The summed E-state index contributed by atoms with van der Waals surface area (Å²) in [5.74, 6) is 0. The summed E-state index contributed by atoms with van der Waals surface area (Å²) in [4.78, 5) is 29.3. The molecular weight excluding hydrogens is 204 g/mol. The summed E-state index contributed by atoms with van der Waals surface area (Å²) in [5, 5.41) is 0. The Morgan fingerprint density at radius 3 is 1.00 bits per heavy atom. The first-order chi connectivity index (χ1) is 2.00. The molecule has 0 aliphatic rings. The number of hydrogen-bond donors (Lipinski definition) is 4. The molecule has 52 valence electrons. The van der Waals surface area contributed by atoms with E-state index in [9.17, 15) is 0 Å². The first-order valence-electron chi connectivity index (χ1n) is 0.894. The molecule has 0 aromatic carbocycles. The molecule has 0 aliphatic carbocycles. The molecule has 0 saturated heterocycles. The van der Waals surface area contributed by atoms with Gasteiger partial charge < -0.3 is 27.5 Å². The summed E-state index contributed by atoms with van der Waals surface area (Å²) in [7, 11) is -4.61. The van der Waals surface area contributed by atoms with Crippen LogP contribution in [0.15, 0.2) is 0 Å². The number of rotatable bonds is 0. The molecule has 0 aromatic heterocycles. The van der Waals surface area contributed by atoms with E-state index in [1.807, 2.05) is 0 Å². The quantitative estimate of drug-likeness (QED) is 0.311. The smallest absolute Gasteiger partial charge is 1.00 e. The molecule has 8 heavy (non-hydrogen) atoms. The third-order valence-corrected chi connectivity index (χ3v) is 0. The van der Waals surface area contributed by atoms with E-state index < -0.39 is 9.05 Å². The van der Waals surface area contributed by atoms with Gasteiger partial charge in [-0.15, -0.1) is 0 Å². The minimum atomic E-state index is -4.61. The maximum absolute atomic E-state index is 7.33. The van der Waals surface area contributed by atoms with E-state index in [0.29, 0.717) is 0 Å². The average molecular weight is 212 g/mol. The average Bonchev–Trinajstić information content (AvgIpc) is 0.722. The Balaban J connectivity index is -0.00000000800. The molecule has 0 amide bonds. The molecule has 0 rings (SSSR count). The van der Waals surface area contributed by atoms with Gasteiger partial charge in [-0.3, -0.25) is 0 Å². The van der Waals surface area contributed by atoms with E-state index in [2.05, 4.69) is 0 Å². The SMILES string of the molecule is O.O[Si](O)(O)O.[Ca+2].[Fe].[H-].[H-]. The minimum Gasteiger partial charge on any atom is -1.00 e. The summed E-state index contributed by atoms with van der Waals surface area (Å²) in [5.41, 5.74) is 0. The molecule has 0 spiro atoms. The second-order valence-corrected chi connectivity index (χ2v) is 1.80. The largest absolute Gasteiger partial charge is 2.00 e. The zero-order valence-electron chi connectivity index (χ0n) is 5.85. The molecule has 0 aliphatic heterocycles. The summed E-state index contributed by atoms with van der Waals surface area (Å²) < 4.78 is 0. The Kier molecular flexibility index (Phi) is 24.8. The summed E-state index contributed by atoms with van der Waals surface area (Å²) >= 11 is 0. The van der Waals surface area contributed by atoms with E-state index in [1.54, 1.807) is 0 Å². The Hall–Kier alpha value is 1.80. The number of hydrogen-bond acceptors (Lipinski definition) is 4. The Morgan fingerprint density at radius 2 is 1.00 bits per heavy atom. The third-order valence-electron chi connectivity index (χ3n) is 0. The van der Waals surface area contributed by atoms with Crippen LogP contribution in [0, 0.1) is 0 Å². The van der Waals surface area contributed by atoms with Gasteiger partial charge >= 0.3 is 46.8 Å². The van der Waals surface area contributed by atoms with Crippen LogP contribution >= 0.6 is 0 Å². The van der Waals surface area contributed by atoms with Crippen LogP contribution in [0.25, 0.3) is 0 Å². The van der Waals surface area contributed by atoms with Crippen LogP contribution in [0.3, 0.4) is 0 Å². The molecule has 0 fully saturated rings. The topological polar surface area (TPSA) is 112 Å². The van der Waals surface area contributed by atoms with Crippen molar-refractivity contribution in [2.45, 2.75) is 0 Å². The normalized spacial score (nSPS) is 7.50. The molecule has 8 heteroatoms. The van der Waals surface area contributed by atoms with Crippen LogP contribution in [-0.2, 0) is 17.1 Å². The van der Waals surface area contributed by atoms with E-state index in [1.165, 1.54) is 0 Å². The van der Waals surface area contributed by atoms with E-state index in [0.717, 1.165) is 0 Å². The molecule has 0 unspecified atom stereocenters. The fourth-order valence-corrected chi connectivity index (χ4v) is 0. The molecule has 5 nitrogen and oxygen atoms in total. The molecule has 0 saturated carbocycles. The predicted octanol–water partition coefficient (Wildman–Crippen LogP) is -3.59. The molecular formula is H8CaFeO5Si. The second kappa shape index (κ2) is 8.80. The second-order valence-electron chi connectivity index (χ2n) is 0.600. The van der Waals surface area contributed by atoms with Crippen LogP contribution in [0.4, 0.5) is 0 Å². The van der Waals surface area contributed by atoms with Gasteiger partial charge in [0.2, 0.25) is 0 Å². The molecule has 0 bridgehead atoms. The minimum absolute atomic E-state index is 0. The van der Waals surface area contributed by atoms with Crippen LogP contribution in [0.2, 0.25) is 0 Å². The third kappa shape index (κ3) is 112. The summed E-state index contributed by atoms with van der Waals surface area (Å²) in [6, 6.07) is 0. The molecule has 0 atom stereocenters. The van der Waals surface area contributed by atoms with Crippen molar-refractivity contribution in [1.29, 1.82) is 0 Å². The van der Waals surface area contributed by atoms with Crippen LogP contribution in [0.1, 0.15) is 2.85 Å².